The van der Waals surface area contributed by atoms with Gasteiger partial charge < -0.3 is 9.64 Å². The normalized spacial score (nSPS) is 23.4. The third kappa shape index (κ3) is 3.90. The van der Waals surface area contributed by atoms with Gasteiger partial charge in [-0.2, -0.15) is 0 Å². The standard InChI is InChI=1S/C14H27NO2/c1-12(2,3)17-11(16)15-10-13(4,5)8-9-14(15,6)7/h8-10H2,1-7H3. The molecule has 1 rings (SSSR count). The van der Waals surface area contributed by atoms with Gasteiger partial charge in [0.15, 0.2) is 0 Å². The van der Waals surface area contributed by atoms with E-state index >= 15 is 0 Å². The first-order valence-corrected chi connectivity index (χ1v) is 6.44. The van der Waals surface area contributed by atoms with E-state index in [9.17, 15) is 4.79 Å². The summed E-state index contributed by atoms with van der Waals surface area (Å²) in [5, 5.41) is 0. The Kier molecular flexibility index (Phi) is 3.52. The Labute approximate surface area is 106 Å². The van der Waals surface area contributed by atoms with Gasteiger partial charge in [-0.05, 0) is 52.9 Å². The quantitative estimate of drug-likeness (QED) is 0.645. The van der Waals surface area contributed by atoms with Crippen molar-refractivity contribution < 1.29 is 9.53 Å². The Bertz CT molecular complexity index is 300. The highest BCUT2D eigenvalue weighted by Crippen LogP contribution is 2.38. The van der Waals surface area contributed by atoms with Crippen molar-refractivity contribution in [3.8, 4) is 0 Å². The van der Waals surface area contributed by atoms with Crippen LogP contribution in [0.4, 0.5) is 4.79 Å². The van der Waals surface area contributed by atoms with E-state index in [1.807, 2.05) is 25.7 Å². The zero-order chi connectivity index (χ0) is 13.5. The monoisotopic (exact) mass is 241 g/mol. The molecule has 3 heteroatoms. The fourth-order valence-corrected chi connectivity index (χ4v) is 2.13. The van der Waals surface area contributed by atoms with Crippen molar-refractivity contribution in [3.63, 3.8) is 0 Å². The predicted octanol–water partition coefficient (Wildman–Crippen LogP) is 3.82. The number of piperidine rings is 1. The van der Waals surface area contributed by atoms with E-state index < -0.39 is 5.60 Å². The van der Waals surface area contributed by atoms with E-state index in [0.717, 1.165) is 19.4 Å². The Morgan fingerprint density at radius 3 is 2.12 bits per heavy atom. The van der Waals surface area contributed by atoms with Gasteiger partial charge in [0.05, 0.1) is 0 Å². The molecule has 1 heterocycles. The van der Waals surface area contributed by atoms with Gasteiger partial charge in [0.25, 0.3) is 0 Å². The fourth-order valence-electron chi connectivity index (χ4n) is 2.13. The molecule has 0 aromatic rings. The van der Waals surface area contributed by atoms with Gasteiger partial charge in [-0.15, -0.1) is 0 Å². The average Bonchev–Trinajstić information content (AvgIpc) is 2.07. The zero-order valence-corrected chi connectivity index (χ0v) is 12.4. The maximum Gasteiger partial charge on any atom is 0.410 e. The highest BCUT2D eigenvalue weighted by Gasteiger charge is 2.42. The van der Waals surface area contributed by atoms with Crippen LogP contribution in [0.2, 0.25) is 0 Å². The first kappa shape index (κ1) is 14.3. The summed E-state index contributed by atoms with van der Waals surface area (Å²) in [6, 6.07) is 0. The number of ether oxygens (including phenoxy) is 1. The molecule has 0 atom stereocenters. The van der Waals surface area contributed by atoms with Crippen molar-refractivity contribution >= 4 is 6.09 Å². The van der Waals surface area contributed by atoms with Crippen molar-refractivity contribution in [2.75, 3.05) is 6.54 Å². The van der Waals surface area contributed by atoms with E-state index in [2.05, 4.69) is 27.7 Å². The summed E-state index contributed by atoms with van der Waals surface area (Å²) in [6.45, 7) is 15.2. The summed E-state index contributed by atoms with van der Waals surface area (Å²) in [5.41, 5.74) is -0.334. The molecule has 0 bridgehead atoms. The van der Waals surface area contributed by atoms with Gasteiger partial charge >= 0.3 is 6.09 Å². The lowest BCUT2D eigenvalue weighted by Gasteiger charge is -2.48. The largest absolute Gasteiger partial charge is 0.444 e. The molecule has 0 aromatic carbocycles. The van der Waals surface area contributed by atoms with Crippen molar-refractivity contribution in [2.45, 2.75) is 72.4 Å². The molecule has 17 heavy (non-hydrogen) atoms. The molecule has 0 N–H and O–H groups in total. The van der Waals surface area contributed by atoms with Crippen LogP contribution in [-0.4, -0.2) is 28.7 Å². The highest BCUT2D eigenvalue weighted by molar-refractivity contribution is 5.69. The number of likely N-dealkylation sites (tertiary alicyclic amines) is 1. The van der Waals surface area contributed by atoms with E-state index in [4.69, 9.17) is 4.74 Å². The molecule has 0 saturated carbocycles. The first-order valence-electron chi connectivity index (χ1n) is 6.44. The topological polar surface area (TPSA) is 29.5 Å². The molecule has 0 spiro atoms. The van der Waals surface area contributed by atoms with Gasteiger partial charge in [0, 0.05) is 12.1 Å². The SMILES string of the molecule is CC1(C)CCC(C)(C)N(C(=O)OC(C)(C)C)C1. The van der Waals surface area contributed by atoms with Crippen LogP contribution in [0.3, 0.4) is 0 Å². The minimum atomic E-state index is -0.422. The van der Waals surface area contributed by atoms with Gasteiger partial charge in [-0.25, -0.2) is 4.79 Å². The third-order valence-electron chi connectivity index (χ3n) is 3.34. The Morgan fingerprint density at radius 2 is 1.65 bits per heavy atom. The molecule has 1 aliphatic rings. The second-order valence-electron chi connectivity index (χ2n) is 7.54. The Morgan fingerprint density at radius 1 is 1.12 bits per heavy atom. The zero-order valence-electron chi connectivity index (χ0n) is 12.4. The number of nitrogens with zero attached hydrogens (tertiary/aromatic N) is 1. The molecule has 1 aliphatic heterocycles. The molecule has 0 aromatic heterocycles. The summed E-state index contributed by atoms with van der Waals surface area (Å²) in [6.07, 6.45) is 1.99. The third-order valence-corrected chi connectivity index (χ3v) is 3.34. The molecule has 0 radical (unpaired) electrons. The summed E-state index contributed by atoms with van der Waals surface area (Å²) in [5.74, 6) is 0. The van der Waals surface area contributed by atoms with E-state index in [1.165, 1.54) is 0 Å². The molecular weight excluding hydrogens is 214 g/mol. The van der Waals surface area contributed by atoms with Gasteiger partial charge in [-0.1, -0.05) is 13.8 Å². The number of carbonyl (C=O) groups is 1. The molecule has 100 valence electrons. The fraction of sp³-hybridized carbons (Fsp3) is 0.929. The summed E-state index contributed by atoms with van der Waals surface area (Å²) in [4.78, 5) is 14.1. The maximum absolute atomic E-state index is 12.2. The molecule has 1 amide bonds. The van der Waals surface area contributed by atoms with Crippen molar-refractivity contribution in [1.29, 1.82) is 0 Å². The van der Waals surface area contributed by atoms with Gasteiger partial charge in [-0.3, -0.25) is 0 Å². The summed E-state index contributed by atoms with van der Waals surface area (Å²) < 4.78 is 5.49. The van der Waals surface area contributed by atoms with Crippen molar-refractivity contribution in [3.05, 3.63) is 0 Å². The molecule has 1 fully saturated rings. The Hall–Kier alpha value is -0.730. The lowest BCUT2D eigenvalue weighted by atomic mass is 9.77. The molecule has 3 nitrogen and oxygen atoms in total. The van der Waals surface area contributed by atoms with Gasteiger partial charge in [0.2, 0.25) is 0 Å². The minimum absolute atomic E-state index is 0.0994. The Balaban J connectivity index is 2.81. The van der Waals surface area contributed by atoms with E-state index in [0.29, 0.717) is 0 Å². The second-order valence-corrected chi connectivity index (χ2v) is 7.54. The summed E-state index contributed by atoms with van der Waals surface area (Å²) in [7, 11) is 0. The van der Waals surface area contributed by atoms with Crippen LogP contribution < -0.4 is 0 Å². The number of carbonyl (C=O) groups excluding carboxylic acids is 1. The number of rotatable bonds is 0. The first-order chi connectivity index (χ1) is 7.43. The molecular formula is C14H27NO2. The molecule has 0 aliphatic carbocycles. The second kappa shape index (κ2) is 4.18. The van der Waals surface area contributed by atoms with Crippen LogP contribution in [0, 0.1) is 5.41 Å². The molecule has 1 saturated heterocycles. The number of hydrogen-bond donors (Lipinski definition) is 0. The van der Waals surface area contributed by atoms with Crippen LogP contribution in [0.25, 0.3) is 0 Å². The van der Waals surface area contributed by atoms with Crippen molar-refractivity contribution in [2.24, 2.45) is 5.41 Å². The smallest absolute Gasteiger partial charge is 0.410 e. The van der Waals surface area contributed by atoms with Crippen LogP contribution in [0.1, 0.15) is 61.3 Å². The van der Waals surface area contributed by atoms with Crippen LogP contribution in [0.5, 0.6) is 0 Å². The van der Waals surface area contributed by atoms with Gasteiger partial charge in [0.1, 0.15) is 5.60 Å². The number of hydrogen-bond acceptors (Lipinski definition) is 2. The van der Waals surface area contributed by atoms with Crippen LogP contribution >= 0.6 is 0 Å². The van der Waals surface area contributed by atoms with E-state index in [1.54, 1.807) is 0 Å². The van der Waals surface area contributed by atoms with E-state index in [-0.39, 0.29) is 17.0 Å². The van der Waals surface area contributed by atoms with Crippen LogP contribution in [0.15, 0.2) is 0 Å². The predicted molar refractivity (Wildman–Crippen MR) is 70.0 cm³/mol. The summed E-state index contributed by atoms with van der Waals surface area (Å²) >= 11 is 0. The average molecular weight is 241 g/mol. The molecule has 0 unspecified atom stereocenters. The van der Waals surface area contributed by atoms with Crippen molar-refractivity contribution in [1.82, 2.24) is 4.90 Å². The lowest BCUT2D eigenvalue weighted by Crippen LogP contribution is -2.56. The maximum atomic E-state index is 12.2. The highest BCUT2D eigenvalue weighted by atomic mass is 16.6. The minimum Gasteiger partial charge on any atom is -0.444 e. The lowest BCUT2D eigenvalue weighted by molar-refractivity contribution is -0.0290. The number of amides is 1. The van der Waals surface area contributed by atoms with Crippen LogP contribution in [-0.2, 0) is 4.74 Å².